The molecule has 0 radical (unpaired) electrons. The minimum atomic E-state index is -1.14. The van der Waals surface area contributed by atoms with Crippen molar-refractivity contribution in [2.24, 2.45) is 0 Å². The maximum atomic E-state index is 10.7. The van der Waals surface area contributed by atoms with Gasteiger partial charge in [-0.3, -0.25) is 0 Å². The maximum Gasteiger partial charge on any atom is 0.374 e. The molecule has 4 nitrogen and oxygen atoms in total. The number of benzene rings is 1. The first-order valence-electron chi connectivity index (χ1n) is 4.65. The highest BCUT2D eigenvalue weighted by Crippen LogP contribution is 2.32. The summed E-state index contributed by atoms with van der Waals surface area (Å²) in [6.45, 7) is 0. The standard InChI is InChI=1S/C11H8ClNO3S/c1-17-10-3-2-6(12)4-7(10)8-5-9(11(14)15)16-13-8/h2-5H,1H3,(H,14,15). The van der Waals surface area contributed by atoms with E-state index in [0.717, 1.165) is 10.5 Å². The van der Waals surface area contributed by atoms with Gasteiger partial charge in [0.05, 0.1) is 0 Å². The monoisotopic (exact) mass is 269 g/mol. The van der Waals surface area contributed by atoms with Crippen molar-refractivity contribution in [2.75, 3.05) is 6.26 Å². The lowest BCUT2D eigenvalue weighted by Gasteiger charge is -2.03. The molecule has 1 N–H and O–H groups in total. The van der Waals surface area contributed by atoms with Crippen LogP contribution in [-0.4, -0.2) is 22.5 Å². The van der Waals surface area contributed by atoms with Crippen LogP contribution in [0.15, 0.2) is 33.7 Å². The van der Waals surface area contributed by atoms with Crippen LogP contribution in [0.5, 0.6) is 0 Å². The highest BCUT2D eigenvalue weighted by atomic mass is 35.5. The molecule has 0 atom stereocenters. The van der Waals surface area contributed by atoms with E-state index in [1.165, 1.54) is 17.8 Å². The molecule has 0 unspecified atom stereocenters. The fourth-order valence-electron chi connectivity index (χ4n) is 1.38. The summed E-state index contributed by atoms with van der Waals surface area (Å²) < 4.78 is 4.72. The predicted octanol–water partition coefficient (Wildman–Crippen LogP) is 3.42. The van der Waals surface area contributed by atoms with Gasteiger partial charge in [0.2, 0.25) is 5.76 Å². The molecule has 1 aromatic heterocycles. The molecule has 0 aliphatic heterocycles. The van der Waals surface area contributed by atoms with Crippen LogP contribution in [-0.2, 0) is 0 Å². The van der Waals surface area contributed by atoms with Crippen LogP contribution in [0, 0.1) is 0 Å². The van der Waals surface area contributed by atoms with Gasteiger partial charge in [0, 0.05) is 21.5 Å². The Kier molecular flexibility index (Phi) is 3.40. The quantitative estimate of drug-likeness (QED) is 0.865. The summed E-state index contributed by atoms with van der Waals surface area (Å²) in [5, 5.41) is 13.1. The number of hydrogen-bond donors (Lipinski definition) is 1. The third-order valence-corrected chi connectivity index (χ3v) is 3.19. The Morgan fingerprint density at radius 1 is 1.47 bits per heavy atom. The second-order valence-corrected chi connectivity index (χ2v) is 4.51. The van der Waals surface area contributed by atoms with Crippen LogP contribution in [0.1, 0.15) is 10.6 Å². The van der Waals surface area contributed by atoms with Gasteiger partial charge >= 0.3 is 5.97 Å². The van der Waals surface area contributed by atoms with Gasteiger partial charge in [-0.05, 0) is 24.5 Å². The van der Waals surface area contributed by atoms with E-state index in [1.807, 2.05) is 12.3 Å². The fourth-order valence-corrected chi connectivity index (χ4v) is 2.14. The molecule has 2 rings (SSSR count). The van der Waals surface area contributed by atoms with Gasteiger partial charge in [-0.1, -0.05) is 16.8 Å². The SMILES string of the molecule is CSc1ccc(Cl)cc1-c1cc(C(=O)O)on1. The van der Waals surface area contributed by atoms with Crippen molar-refractivity contribution in [3.8, 4) is 11.3 Å². The zero-order chi connectivity index (χ0) is 12.4. The first kappa shape index (κ1) is 12.0. The van der Waals surface area contributed by atoms with Crippen molar-refractivity contribution >= 4 is 29.3 Å². The average molecular weight is 270 g/mol. The number of aromatic carboxylic acids is 1. The molecular weight excluding hydrogens is 262 g/mol. The molecule has 0 amide bonds. The molecule has 0 spiro atoms. The summed E-state index contributed by atoms with van der Waals surface area (Å²) in [5.74, 6) is -1.33. The molecule has 0 aliphatic rings. The lowest BCUT2D eigenvalue weighted by molar-refractivity contribution is 0.0652. The minimum Gasteiger partial charge on any atom is -0.475 e. The van der Waals surface area contributed by atoms with Crippen LogP contribution in [0.2, 0.25) is 5.02 Å². The molecule has 17 heavy (non-hydrogen) atoms. The molecular formula is C11H8ClNO3S. The van der Waals surface area contributed by atoms with Crippen LogP contribution in [0.3, 0.4) is 0 Å². The largest absolute Gasteiger partial charge is 0.475 e. The van der Waals surface area contributed by atoms with Crippen molar-refractivity contribution < 1.29 is 14.4 Å². The Hall–Kier alpha value is -1.46. The van der Waals surface area contributed by atoms with Gasteiger partial charge in [-0.25, -0.2) is 4.79 Å². The number of halogens is 1. The number of nitrogens with zero attached hydrogens (tertiary/aromatic N) is 1. The van der Waals surface area contributed by atoms with Gasteiger partial charge in [-0.2, -0.15) is 0 Å². The normalized spacial score (nSPS) is 10.5. The van der Waals surface area contributed by atoms with Crippen LogP contribution >= 0.6 is 23.4 Å². The van der Waals surface area contributed by atoms with E-state index in [9.17, 15) is 4.79 Å². The Bertz CT molecular complexity index is 568. The highest BCUT2D eigenvalue weighted by Gasteiger charge is 2.14. The lowest BCUT2D eigenvalue weighted by atomic mass is 10.1. The molecule has 88 valence electrons. The number of hydrogen-bond acceptors (Lipinski definition) is 4. The number of carbonyl (C=O) groups is 1. The van der Waals surface area contributed by atoms with Crippen molar-refractivity contribution in [3.05, 3.63) is 35.0 Å². The molecule has 0 bridgehead atoms. The molecule has 2 aromatic rings. The van der Waals surface area contributed by atoms with Crippen LogP contribution in [0.4, 0.5) is 0 Å². The van der Waals surface area contributed by atoms with Crippen LogP contribution in [0.25, 0.3) is 11.3 Å². The van der Waals surface area contributed by atoms with E-state index < -0.39 is 5.97 Å². The zero-order valence-electron chi connectivity index (χ0n) is 8.81. The number of carboxylic acids is 1. The van der Waals surface area contributed by atoms with Gasteiger partial charge < -0.3 is 9.63 Å². The van der Waals surface area contributed by atoms with E-state index in [2.05, 4.69) is 5.16 Å². The third-order valence-electron chi connectivity index (χ3n) is 2.16. The molecule has 1 heterocycles. The minimum absolute atomic E-state index is 0.188. The zero-order valence-corrected chi connectivity index (χ0v) is 10.4. The highest BCUT2D eigenvalue weighted by molar-refractivity contribution is 7.98. The second kappa shape index (κ2) is 4.81. The summed E-state index contributed by atoms with van der Waals surface area (Å²) >= 11 is 7.44. The van der Waals surface area contributed by atoms with Gasteiger partial charge in [0.1, 0.15) is 5.69 Å². The van der Waals surface area contributed by atoms with Crippen molar-refractivity contribution in [3.63, 3.8) is 0 Å². The summed E-state index contributed by atoms with van der Waals surface area (Å²) in [4.78, 5) is 11.7. The molecule has 0 aliphatic carbocycles. The van der Waals surface area contributed by atoms with Crippen molar-refractivity contribution in [2.45, 2.75) is 4.90 Å². The third kappa shape index (κ3) is 2.45. The Balaban J connectivity index is 2.51. The van der Waals surface area contributed by atoms with Gasteiger partial charge in [-0.15, -0.1) is 11.8 Å². The Labute approximate surface area is 107 Å². The smallest absolute Gasteiger partial charge is 0.374 e. The molecule has 6 heteroatoms. The summed E-state index contributed by atoms with van der Waals surface area (Å²) in [7, 11) is 0. The van der Waals surface area contributed by atoms with Crippen molar-refractivity contribution in [1.82, 2.24) is 5.16 Å². The molecule has 0 saturated carbocycles. The number of aromatic nitrogens is 1. The van der Waals surface area contributed by atoms with Crippen molar-refractivity contribution in [1.29, 1.82) is 0 Å². The molecule has 0 saturated heterocycles. The molecule has 0 fully saturated rings. The summed E-state index contributed by atoms with van der Waals surface area (Å²) in [6.07, 6.45) is 1.92. The number of carboxylic acid groups (broad SMARTS) is 1. The van der Waals surface area contributed by atoms with E-state index in [4.69, 9.17) is 21.2 Å². The average Bonchev–Trinajstić information content (AvgIpc) is 2.78. The summed E-state index contributed by atoms with van der Waals surface area (Å²) in [6, 6.07) is 6.75. The summed E-state index contributed by atoms with van der Waals surface area (Å²) in [5.41, 5.74) is 1.23. The topological polar surface area (TPSA) is 63.3 Å². The Morgan fingerprint density at radius 3 is 2.82 bits per heavy atom. The second-order valence-electron chi connectivity index (χ2n) is 3.23. The van der Waals surface area contributed by atoms with E-state index in [0.29, 0.717) is 10.7 Å². The van der Waals surface area contributed by atoms with Gasteiger partial charge in [0.25, 0.3) is 0 Å². The van der Waals surface area contributed by atoms with E-state index >= 15 is 0 Å². The van der Waals surface area contributed by atoms with Gasteiger partial charge in [0.15, 0.2) is 0 Å². The van der Waals surface area contributed by atoms with E-state index in [1.54, 1.807) is 12.1 Å². The fraction of sp³-hybridized carbons (Fsp3) is 0.0909. The van der Waals surface area contributed by atoms with Crippen LogP contribution < -0.4 is 0 Å². The number of thioether (sulfide) groups is 1. The number of rotatable bonds is 3. The maximum absolute atomic E-state index is 10.7. The molecule has 1 aromatic carbocycles. The first-order chi connectivity index (χ1) is 8.11. The first-order valence-corrected chi connectivity index (χ1v) is 6.26. The Morgan fingerprint density at radius 2 is 2.24 bits per heavy atom. The lowest BCUT2D eigenvalue weighted by Crippen LogP contribution is -1.91. The van der Waals surface area contributed by atoms with E-state index in [-0.39, 0.29) is 5.76 Å². The predicted molar refractivity (Wildman–Crippen MR) is 65.7 cm³/mol.